The first kappa shape index (κ1) is 27.8. The highest BCUT2D eigenvalue weighted by atomic mass is 19.4. The van der Waals surface area contributed by atoms with E-state index >= 15 is 0 Å². The van der Waals surface area contributed by atoms with Crippen molar-refractivity contribution < 1.29 is 35.9 Å². The van der Waals surface area contributed by atoms with Crippen molar-refractivity contribution in [3.05, 3.63) is 58.9 Å². The molecule has 0 radical (unpaired) electrons. The van der Waals surface area contributed by atoms with Crippen molar-refractivity contribution in [3.63, 3.8) is 0 Å². The van der Waals surface area contributed by atoms with Crippen molar-refractivity contribution in [2.75, 3.05) is 18.4 Å². The Balaban J connectivity index is 1.68. The lowest BCUT2D eigenvalue weighted by atomic mass is 10.0. The van der Waals surface area contributed by atoms with Crippen LogP contribution in [0.4, 0.5) is 32.2 Å². The van der Waals surface area contributed by atoms with E-state index in [9.17, 15) is 36.4 Å². The fourth-order valence-corrected chi connectivity index (χ4v) is 4.23. The van der Waals surface area contributed by atoms with Gasteiger partial charge in [-0.05, 0) is 32.0 Å². The Labute approximate surface area is 218 Å². The number of hydrogen-bond donors (Lipinski definition) is 1. The molecule has 0 aliphatic carbocycles. The topological polar surface area (TPSA) is 109 Å². The summed E-state index contributed by atoms with van der Waals surface area (Å²) >= 11 is 0. The lowest BCUT2D eigenvalue weighted by Crippen LogP contribution is -2.61. The summed E-state index contributed by atoms with van der Waals surface area (Å²) in [6.07, 6.45) is -8.22. The number of nitrogens with one attached hydrogen (secondary N) is 1. The molecule has 206 valence electrons. The molecule has 9 nitrogen and oxygen atoms in total. The zero-order chi connectivity index (χ0) is 28.7. The number of amides is 1. The monoisotopic (exact) mass is 553 g/mol. The Bertz CT molecular complexity index is 1430. The van der Waals surface area contributed by atoms with Crippen LogP contribution in [0.2, 0.25) is 0 Å². The molecule has 1 saturated heterocycles. The lowest BCUT2D eigenvalue weighted by molar-refractivity contribution is -0.298. The van der Waals surface area contributed by atoms with Crippen LogP contribution < -0.4 is 5.32 Å². The van der Waals surface area contributed by atoms with Gasteiger partial charge >= 0.3 is 12.3 Å². The maximum absolute atomic E-state index is 14.5. The van der Waals surface area contributed by atoms with Gasteiger partial charge in [-0.2, -0.15) is 32.3 Å². The predicted molar refractivity (Wildman–Crippen MR) is 124 cm³/mol. The summed E-state index contributed by atoms with van der Waals surface area (Å²) in [5, 5.41) is 16.2. The van der Waals surface area contributed by atoms with Gasteiger partial charge in [0, 0.05) is 25.5 Å². The van der Waals surface area contributed by atoms with Gasteiger partial charge in [0.1, 0.15) is 24.2 Å². The molecule has 2 atom stereocenters. The normalized spacial score (nSPS) is 19.0. The zero-order valence-corrected chi connectivity index (χ0v) is 20.7. The third-order valence-electron chi connectivity index (χ3n) is 6.25. The van der Waals surface area contributed by atoms with Gasteiger partial charge in [0.25, 0.3) is 5.91 Å². The fourth-order valence-electron chi connectivity index (χ4n) is 4.23. The van der Waals surface area contributed by atoms with Crippen molar-refractivity contribution in [2.45, 2.75) is 38.3 Å². The highest BCUT2D eigenvalue weighted by Gasteiger charge is 2.48. The number of carbonyl (C=O) groups is 1. The zero-order valence-electron chi connectivity index (χ0n) is 20.7. The molecule has 1 amide bonds. The molecule has 1 fully saturated rings. The van der Waals surface area contributed by atoms with E-state index in [2.05, 4.69) is 20.4 Å². The van der Waals surface area contributed by atoms with E-state index < -0.39 is 53.8 Å². The molecule has 3 aromatic heterocycles. The molecule has 39 heavy (non-hydrogen) atoms. The first-order valence-corrected chi connectivity index (χ1v) is 11.4. The Morgan fingerprint density at radius 3 is 2.62 bits per heavy atom. The Morgan fingerprint density at radius 2 is 2.00 bits per heavy atom. The van der Waals surface area contributed by atoms with Crippen LogP contribution in [0.15, 0.2) is 30.6 Å². The van der Waals surface area contributed by atoms with Crippen molar-refractivity contribution in [2.24, 2.45) is 7.05 Å². The van der Waals surface area contributed by atoms with Crippen LogP contribution in [0.5, 0.6) is 0 Å². The molecule has 0 aromatic carbocycles. The molecular formula is C24H21F6N7O2. The van der Waals surface area contributed by atoms with E-state index in [0.717, 1.165) is 17.2 Å². The molecule has 0 bridgehead atoms. The summed E-state index contributed by atoms with van der Waals surface area (Å²) < 4.78 is 87.6. The van der Waals surface area contributed by atoms with E-state index in [1.807, 2.05) is 0 Å². The number of halogens is 6. The van der Waals surface area contributed by atoms with Crippen LogP contribution in [0.1, 0.15) is 34.2 Å². The highest BCUT2D eigenvalue weighted by molar-refractivity contribution is 5.99. The minimum atomic E-state index is -4.73. The van der Waals surface area contributed by atoms with Gasteiger partial charge in [0.2, 0.25) is 0 Å². The Hall–Kier alpha value is -4.19. The molecule has 1 N–H and O–H groups in total. The number of nitrogens with zero attached hydrogens (tertiary/aromatic N) is 6. The average Bonchev–Trinajstić information content (AvgIpc) is 3.16. The number of ether oxygens (including phenoxy) is 1. The van der Waals surface area contributed by atoms with Gasteiger partial charge < -0.3 is 15.0 Å². The van der Waals surface area contributed by atoms with Crippen molar-refractivity contribution in [1.82, 2.24) is 24.6 Å². The van der Waals surface area contributed by atoms with E-state index in [4.69, 9.17) is 4.74 Å². The van der Waals surface area contributed by atoms with E-state index in [-0.39, 0.29) is 29.3 Å². The SMILES string of the molecule is Cc1c(-c2ccc(F)cn2)c(C(=O)N2CC(F)(F)O[C@@H](C)[C@H]2CNc2ncc(C(F)(F)F)cc2C#N)nn1C. The largest absolute Gasteiger partial charge is 0.417 e. The minimum Gasteiger partial charge on any atom is -0.367 e. The first-order valence-electron chi connectivity index (χ1n) is 11.4. The van der Waals surface area contributed by atoms with Crippen LogP contribution in [-0.4, -0.2) is 61.9 Å². The number of alkyl halides is 5. The number of aromatic nitrogens is 4. The van der Waals surface area contributed by atoms with Crippen molar-refractivity contribution >= 4 is 11.7 Å². The third-order valence-corrected chi connectivity index (χ3v) is 6.25. The molecule has 4 rings (SSSR count). The van der Waals surface area contributed by atoms with Crippen LogP contribution >= 0.6 is 0 Å². The van der Waals surface area contributed by atoms with Crippen LogP contribution in [-0.2, 0) is 18.0 Å². The van der Waals surface area contributed by atoms with Gasteiger partial charge in [-0.15, -0.1) is 0 Å². The molecule has 4 heterocycles. The lowest BCUT2D eigenvalue weighted by Gasteiger charge is -2.43. The Morgan fingerprint density at radius 1 is 1.28 bits per heavy atom. The molecule has 3 aromatic rings. The molecule has 0 spiro atoms. The van der Waals surface area contributed by atoms with Gasteiger partial charge in [0.05, 0.1) is 40.7 Å². The molecule has 1 aliphatic rings. The second-order valence-corrected chi connectivity index (χ2v) is 8.87. The van der Waals surface area contributed by atoms with Crippen molar-refractivity contribution in [1.29, 1.82) is 5.26 Å². The van der Waals surface area contributed by atoms with Crippen LogP contribution in [0, 0.1) is 24.1 Å². The second-order valence-electron chi connectivity index (χ2n) is 8.87. The van der Waals surface area contributed by atoms with Gasteiger partial charge in [0.15, 0.2) is 5.69 Å². The summed E-state index contributed by atoms with van der Waals surface area (Å²) in [5.74, 6) is -1.75. The second kappa shape index (κ2) is 10.2. The summed E-state index contributed by atoms with van der Waals surface area (Å²) in [5.41, 5.74) is -0.902. The van der Waals surface area contributed by atoms with Crippen LogP contribution in [0.25, 0.3) is 11.3 Å². The summed E-state index contributed by atoms with van der Waals surface area (Å²) in [4.78, 5) is 22.2. The number of nitriles is 1. The van der Waals surface area contributed by atoms with Gasteiger partial charge in [-0.1, -0.05) is 0 Å². The summed E-state index contributed by atoms with van der Waals surface area (Å²) in [7, 11) is 1.54. The third kappa shape index (κ3) is 5.65. The maximum atomic E-state index is 14.5. The Kier molecular flexibility index (Phi) is 7.26. The number of hydrogen-bond acceptors (Lipinski definition) is 7. The van der Waals surface area contributed by atoms with Crippen molar-refractivity contribution in [3.8, 4) is 17.3 Å². The van der Waals surface area contributed by atoms with E-state index in [1.54, 1.807) is 13.0 Å². The molecule has 0 unspecified atom stereocenters. The number of anilines is 1. The molecule has 1 aliphatic heterocycles. The number of morpholine rings is 1. The quantitative estimate of drug-likeness (QED) is 0.473. The number of carbonyl (C=O) groups excluding carboxylic acids is 1. The van der Waals surface area contributed by atoms with E-state index in [0.29, 0.717) is 18.0 Å². The molecular weight excluding hydrogens is 532 g/mol. The highest BCUT2D eigenvalue weighted by Crippen LogP contribution is 2.34. The van der Waals surface area contributed by atoms with Crippen LogP contribution in [0.3, 0.4) is 0 Å². The first-order chi connectivity index (χ1) is 18.2. The fraction of sp³-hybridized carbons (Fsp3) is 0.375. The number of pyridine rings is 2. The maximum Gasteiger partial charge on any atom is 0.417 e. The van der Waals surface area contributed by atoms with Gasteiger partial charge in [-0.3, -0.25) is 14.5 Å². The number of rotatable bonds is 5. The predicted octanol–water partition coefficient (Wildman–Crippen LogP) is 4.15. The number of aryl methyl sites for hydroxylation is 1. The summed E-state index contributed by atoms with van der Waals surface area (Å²) in [6.45, 7) is 1.47. The molecule has 0 saturated carbocycles. The van der Waals surface area contributed by atoms with E-state index in [1.165, 1.54) is 24.7 Å². The standard InChI is InChI=1S/C24H21F6N7O2/c1-12-19(17-5-4-16(25)9-32-17)20(35-36(12)3)22(38)37-11-23(26,27)39-13(2)18(37)10-34-21-14(7-31)6-15(8-33-21)24(28,29)30/h4-6,8-9,13,18H,10-11H2,1-3H3,(H,33,34)/t13-,18+/m0/s1. The smallest absolute Gasteiger partial charge is 0.367 e. The minimum absolute atomic E-state index is 0.195. The molecule has 15 heteroatoms. The van der Waals surface area contributed by atoms with Gasteiger partial charge in [-0.25, -0.2) is 9.37 Å². The average molecular weight is 553 g/mol. The summed E-state index contributed by atoms with van der Waals surface area (Å²) in [6, 6.07) is 3.59.